The van der Waals surface area contributed by atoms with Gasteiger partial charge in [-0.1, -0.05) is 12.1 Å². The quantitative estimate of drug-likeness (QED) is 0.322. The molecule has 7 nitrogen and oxygen atoms in total. The van der Waals surface area contributed by atoms with Crippen molar-refractivity contribution in [1.82, 2.24) is 20.2 Å². The summed E-state index contributed by atoms with van der Waals surface area (Å²) in [4.78, 5) is 9.40. The number of hydrogen-bond acceptors (Lipinski definition) is 4. The molecule has 1 aliphatic rings. The number of benzene rings is 1. The number of aryl methyl sites for hydroxylation is 2. The molecule has 3 aromatic rings. The number of para-hydroxylation sites is 2. The highest BCUT2D eigenvalue weighted by Gasteiger charge is 2.15. The average molecular weight is 410 g/mol. The van der Waals surface area contributed by atoms with E-state index in [0.29, 0.717) is 6.54 Å². The van der Waals surface area contributed by atoms with Gasteiger partial charge in [-0.2, -0.15) is 0 Å². The summed E-state index contributed by atoms with van der Waals surface area (Å²) in [6.45, 7) is 6.15. The topological polar surface area (TPSA) is 76.6 Å². The first-order chi connectivity index (χ1) is 14.8. The van der Waals surface area contributed by atoms with Crippen LogP contribution in [0.25, 0.3) is 11.0 Å². The van der Waals surface area contributed by atoms with Crippen LogP contribution < -0.4 is 10.6 Å². The molecule has 0 spiro atoms. The van der Waals surface area contributed by atoms with Crippen molar-refractivity contribution in [2.24, 2.45) is 4.99 Å². The van der Waals surface area contributed by atoms with Gasteiger partial charge in [-0.3, -0.25) is 4.99 Å². The number of guanidine groups is 1. The van der Waals surface area contributed by atoms with Gasteiger partial charge in [0.05, 0.1) is 29.9 Å². The summed E-state index contributed by atoms with van der Waals surface area (Å²) in [6, 6.07) is 12.2. The van der Waals surface area contributed by atoms with Gasteiger partial charge in [-0.15, -0.1) is 0 Å². The molecule has 0 saturated carbocycles. The Morgan fingerprint density at radius 1 is 1.20 bits per heavy atom. The zero-order chi connectivity index (χ0) is 20.6. The van der Waals surface area contributed by atoms with Crippen LogP contribution in [0.15, 0.2) is 52.1 Å². The van der Waals surface area contributed by atoms with Gasteiger partial charge in [0.1, 0.15) is 11.6 Å². The van der Waals surface area contributed by atoms with Crippen molar-refractivity contribution >= 4 is 17.0 Å². The molecular weight excluding hydrogens is 378 g/mol. The molecule has 1 atom stereocenters. The Labute approximate surface area is 177 Å². The molecule has 1 aromatic carbocycles. The third-order valence-electron chi connectivity index (χ3n) is 5.42. The number of aliphatic imine (C=N–C) groups is 1. The zero-order valence-corrected chi connectivity index (χ0v) is 17.6. The van der Waals surface area contributed by atoms with E-state index in [-0.39, 0.29) is 6.10 Å². The summed E-state index contributed by atoms with van der Waals surface area (Å²) in [5.74, 6) is 2.87. The molecule has 0 amide bonds. The Kier molecular flexibility index (Phi) is 7.03. The highest BCUT2D eigenvalue weighted by atomic mass is 16.5. The highest BCUT2D eigenvalue weighted by molar-refractivity contribution is 5.79. The predicted octanol–water partition coefficient (Wildman–Crippen LogP) is 3.28. The van der Waals surface area contributed by atoms with Crippen LogP contribution in [0, 0.1) is 6.92 Å². The maximum absolute atomic E-state index is 5.71. The minimum Gasteiger partial charge on any atom is -0.469 e. The van der Waals surface area contributed by atoms with E-state index in [1.807, 2.05) is 18.2 Å². The summed E-state index contributed by atoms with van der Waals surface area (Å²) in [6.07, 6.45) is 5.99. The molecule has 30 heavy (non-hydrogen) atoms. The van der Waals surface area contributed by atoms with Crippen molar-refractivity contribution in [3.63, 3.8) is 0 Å². The Balaban J connectivity index is 1.28. The first-order valence-corrected chi connectivity index (χ1v) is 10.9. The van der Waals surface area contributed by atoms with Crippen molar-refractivity contribution in [3.05, 3.63) is 54.2 Å². The molecule has 160 valence electrons. The fourth-order valence-electron chi connectivity index (χ4n) is 3.84. The Morgan fingerprint density at radius 2 is 2.10 bits per heavy atom. The number of hydrogen-bond donors (Lipinski definition) is 2. The van der Waals surface area contributed by atoms with Gasteiger partial charge in [0.2, 0.25) is 0 Å². The fourth-order valence-corrected chi connectivity index (χ4v) is 3.84. The number of furan rings is 1. The lowest BCUT2D eigenvalue weighted by atomic mass is 10.2. The first kappa shape index (κ1) is 20.5. The highest BCUT2D eigenvalue weighted by Crippen LogP contribution is 2.15. The van der Waals surface area contributed by atoms with Crippen LogP contribution in [0.1, 0.15) is 30.8 Å². The molecule has 0 radical (unpaired) electrons. The third kappa shape index (κ3) is 5.42. The van der Waals surface area contributed by atoms with Crippen molar-refractivity contribution in [2.75, 3.05) is 26.2 Å². The van der Waals surface area contributed by atoms with Crippen LogP contribution in [0.3, 0.4) is 0 Å². The zero-order valence-electron chi connectivity index (χ0n) is 17.6. The second kappa shape index (κ2) is 10.3. The molecule has 1 saturated heterocycles. The predicted molar refractivity (Wildman–Crippen MR) is 119 cm³/mol. The third-order valence-corrected chi connectivity index (χ3v) is 5.42. The standard InChI is InChI=1S/C23H31N5O2/c1-18-27-21-9-2-3-10-22(21)28(18)14-6-12-24-23(26-17-20-8-5-16-30-20)25-13-11-19-7-4-15-29-19/h2-4,7,9-10,15,20H,5-6,8,11-14,16-17H2,1H3,(H2,24,25,26). The summed E-state index contributed by atoms with van der Waals surface area (Å²) in [7, 11) is 0. The lowest BCUT2D eigenvalue weighted by Gasteiger charge is -2.14. The van der Waals surface area contributed by atoms with Crippen LogP contribution >= 0.6 is 0 Å². The van der Waals surface area contributed by atoms with Gasteiger partial charge in [-0.05, 0) is 50.5 Å². The molecule has 2 N–H and O–H groups in total. The molecule has 1 unspecified atom stereocenters. The number of ether oxygens (including phenoxy) is 1. The van der Waals surface area contributed by atoms with E-state index in [0.717, 1.165) is 75.0 Å². The molecule has 7 heteroatoms. The monoisotopic (exact) mass is 409 g/mol. The number of imidazole rings is 1. The van der Waals surface area contributed by atoms with Crippen LogP contribution in [-0.4, -0.2) is 47.9 Å². The molecule has 2 aromatic heterocycles. The number of rotatable bonds is 9. The minimum atomic E-state index is 0.244. The van der Waals surface area contributed by atoms with E-state index < -0.39 is 0 Å². The van der Waals surface area contributed by atoms with Crippen LogP contribution in [0.2, 0.25) is 0 Å². The van der Waals surface area contributed by atoms with Gasteiger partial charge in [0, 0.05) is 32.7 Å². The van der Waals surface area contributed by atoms with E-state index in [9.17, 15) is 0 Å². The number of nitrogens with zero attached hydrogens (tertiary/aromatic N) is 3. The average Bonchev–Trinajstić information content (AvgIpc) is 3.51. The van der Waals surface area contributed by atoms with Gasteiger partial charge >= 0.3 is 0 Å². The van der Waals surface area contributed by atoms with Crippen LogP contribution in [0.4, 0.5) is 0 Å². The summed E-state index contributed by atoms with van der Waals surface area (Å²) in [5.41, 5.74) is 2.25. The van der Waals surface area contributed by atoms with Gasteiger partial charge in [0.25, 0.3) is 0 Å². The first-order valence-electron chi connectivity index (χ1n) is 10.9. The molecular formula is C23H31N5O2. The number of nitrogens with one attached hydrogen (secondary N) is 2. The normalized spacial score (nSPS) is 17.0. The summed E-state index contributed by atoms with van der Waals surface area (Å²) in [5, 5.41) is 6.89. The van der Waals surface area contributed by atoms with E-state index in [4.69, 9.17) is 14.1 Å². The second-order valence-corrected chi connectivity index (χ2v) is 7.66. The van der Waals surface area contributed by atoms with Gasteiger partial charge in [0.15, 0.2) is 5.96 Å². The number of aromatic nitrogens is 2. The van der Waals surface area contributed by atoms with E-state index in [1.165, 1.54) is 5.52 Å². The second-order valence-electron chi connectivity index (χ2n) is 7.66. The Hall–Kier alpha value is -2.80. The van der Waals surface area contributed by atoms with E-state index >= 15 is 0 Å². The van der Waals surface area contributed by atoms with Gasteiger partial charge in [-0.25, -0.2) is 4.98 Å². The van der Waals surface area contributed by atoms with E-state index in [1.54, 1.807) is 6.26 Å². The van der Waals surface area contributed by atoms with Crippen LogP contribution in [0.5, 0.6) is 0 Å². The Bertz CT molecular complexity index is 942. The maximum atomic E-state index is 5.71. The molecule has 0 bridgehead atoms. The van der Waals surface area contributed by atoms with Crippen LogP contribution in [-0.2, 0) is 17.7 Å². The van der Waals surface area contributed by atoms with Crippen molar-refractivity contribution < 1.29 is 9.15 Å². The van der Waals surface area contributed by atoms with E-state index in [2.05, 4.69) is 45.3 Å². The lowest BCUT2D eigenvalue weighted by Crippen LogP contribution is -2.39. The number of fused-ring (bicyclic) bond motifs is 1. The SMILES string of the molecule is Cc1nc2ccccc2n1CCCNC(=NCC1CCCO1)NCCc1ccco1. The smallest absolute Gasteiger partial charge is 0.191 e. The lowest BCUT2D eigenvalue weighted by molar-refractivity contribution is 0.117. The molecule has 4 rings (SSSR count). The fraction of sp³-hybridized carbons (Fsp3) is 0.478. The van der Waals surface area contributed by atoms with Crippen molar-refractivity contribution in [3.8, 4) is 0 Å². The molecule has 1 aliphatic heterocycles. The maximum Gasteiger partial charge on any atom is 0.191 e. The van der Waals surface area contributed by atoms with Crippen molar-refractivity contribution in [1.29, 1.82) is 0 Å². The minimum absolute atomic E-state index is 0.244. The largest absolute Gasteiger partial charge is 0.469 e. The summed E-state index contributed by atoms with van der Waals surface area (Å²) >= 11 is 0. The van der Waals surface area contributed by atoms with Crippen molar-refractivity contribution in [2.45, 2.75) is 45.3 Å². The molecule has 1 fully saturated rings. The molecule has 0 aliphatic carbocycles. The summed E-state index contributed by atoms with van der Waals surface area (Å²) < 4.78 is 13.4. The van der Waals surface area contributed by atoms with Gasteiger partial charge < -0.3 is 24.4 Å². The Morgan fingerprint density at radius 3 is 2.93 bits per heavy atom. The molecule has 3 heterocycles.